The lowest BCUT2D eigenvalue weighted by Crippen LogP contribution is -2.26. The Hall–Kier alpha value is -4.00. The van der Waals surface area contributed by atoms with Gasteiger partial charge in [0.2, 0.25) is 0 Å². The number of carbonyl (C=O) groups is 2. The number of aryl methyl sites for hydroxylation is 4. The van der Waals surface area contributed by atoms with Gasteiger partial charge in [-0.25, -0.2) is 9.50 Å². The standard InChI is InChI=1S/C27H28N4O3/c1-17-6-8-21(9-7-17)27(33)30(5)22-10-12-23(13-11-22)34-26(32)15-14-24-19(3)28-25-16-18(2)29-31(25)20(24)4/h6-13,16H,14-15H2,1-5H3. The Labute approximate surface area is 199 Å². The summed E-state index contributed by atoms with van der Waals surface area (Å²) in [5.74, 6) is 0.00970. The van der Waals surface area contributed by atoms with Gasteiger partial charge < -0.3 is 9.64 Å². The third-order valence-electron chi connectivity index (χ3n) is 5.92. The Morgan fingerprint density at radius 3 is 2.32 bits per heavy atom. The normalized spacial score (nSPS) is 11.0. The lowest BCUT2D eigenvalue weighted by molar-refractivity contribution is -0.134. The second kappa shape index (κ2) is 9.47. The van der Waals surface area contributed by atoms with Gasteiger partial charge in [-0.15, -0.1) is 0 Å². The number of nitrogens with zero attached hydrogens (tertiary/aromatic N) is 4. The molecular weight excluding hydrogens is 428 g/mol. The maximum atomic E-state index is 12.7. The minimum Gasteiger partial charge on any atom is -0.427 e. The molecule has 2 heterocycles. The molecular formula is C27H28N4O3. The van der Waals surface area contributed by atoms with Crippen LogP contribution in [0.25, 0.3) is 5.65 Å². The molecule has 1 amide bonds. The van der Waals surface area contributed by atoms with Crippen LogP contribution in [0.1, 0.15) is 45.0 Å². The monoisotopic (exact) mass is 456 g/mol. The molecule has 0 saturated heterocycles. The minimum atomic E-state index is -0.327. The third kappa shape index (κ3) is 4.83. The summed E-state index contributed by atoms with van der Waals surface area (Å²) >= 11 is 0. The number of ether oxygens (including phenoxy) is 1. The Morgan fingerprint density at radius 1 is 0.971 bits per heavy atom. The summed E-state index contributed by atoms with van der Waals surface area (Å²) in [7, 11) is 1.72. The second-order valence-electron chi connectivity index (χ2n) is 8.52. The van der Waals surface area contributed by atoms with Crippen molar-refractivity contribution >= 4 is 23.2 Å². The Balaban J connectivity index is 1.38. The summed E-state index contributed by atoms with van der Waals surface area (Å²) in [4.78, 5) is 31.4. The number of aromatic nitrogens is 3. The Bertz CT molecular complexity index is 1360. The number of hydrogen-bond donors (Lipinski definition) is 0. The molecule has 0 aliphatic rings. The van der Waals surface area contributed by atoms with Gasteiger partial charge in [0.25, 0.3) is 5.91 Å². The van der Waals surface area contributed by atoms with Gasteiger partial charge in [0, 0.05) is 35.8 Å². The maximum absolute atomic E-state index is 12.7. The predicted octanol–water partition coefficient (Wildman–Crippen LogP) is 4.78. The molecule has 7 heteroatoms. The van der Waals surface area contributed by atoms with Gasteiger partial charge in [0.1, 0.15) is 5.75 Å². The number of hydrogen-bond acceptors (Lipinski definition) is 5. The number of amides is 1. The van der Waals surface area contributed by atoms with Crippen LogP contribution in [0, 0.1) is 27.7 Å². The van der Waals surface area contributed by atoms with Crippen molar-refractivity contribution in [3.63, 3.8) is 0 Å². The van der Waals surface area contributed by atoms with E-state index in [9.17, 15) is 9.59 Å². The largest absolute Gasteiger partial charge is 0.427 e. The number of esters is 1. The Morgan fingerprint density at radius 2 is 1.65 bits per heavy atom. The van der Waals surface area contributed by atoms with E-state index in [4.69, 9.17) is 4.74 Å². The average molecular weight is 457 g/mol. The lowest BCUT2D eigenvalue weighted by Gasteiger charge is -2.18. The molecule has 0 unspecified atom stereocenters. The number of benzene rings is 2. The molecule has 34 heavy (non-hydrogen) atoms. The quantitative estimate of drug-likeness (QED) is 0.308. The van der Waals surface area contributed by atoms with E-state index in [0.717, 1.165) is 33.9 Å². The molecule has 2 aromatic heterocycles. The van der Waals surface area contributed by atoms with Crippen LogP contribution >= 0.6 is 0 Å². The van der Waals surface area contributed by atoms with E-state index in [1.54, 1.807) is 36.2 Å². The van der Waals surface area contributed by atoms with Crippen LogP contribution in [0.2, 0.25) is 0 Å². The van der Waals surface area contributed by atoms with Gasteiger partial charge in [0.15, 0.2) is 5.65 Å². The first kappa shape index (κ1) is 23.2. The van der Waals surface area contributed by atoms with Crippen molar-refractivity contribution in [1.29, 1.82) is 0 Å². The van der Waals surface area contributed by atoms with Crippen LogP contribution < -0.4 is 9.64 Å². The molecule has 0 bridgehead atoms. The summed E-state index contributed by atoms with van der Waals surface area (Å²) in [6.07, 6.45) is 0.743. The maximum Gasteiger partial charge on any atom is 0.311 e. The van der Waals surface area contributed by atoms with Gasteiger partial charge in [-0.3, -0.25) is 9.59 Å². The Kier molecular flexibility index (Phi) is 6.45. The van der Waals surface area contributed by atoms with Crippen molar-refractivity contribution in [2.45, 2.75) is 40.5 Å². The summed E-state index contributed by atoms with van der Waals surface area (Å²) in [5, 5.41) is 4.48. The summed E-state index contributed by atoms with van der Waals surface area (Å²) < 4.78 is 7.33. The van der Waals surface area contributed by atoms with Gasteiger partial charge in [0.05, 0.1) is 12.1 Å². The minimum absolute atomic E-state index is 0.103. The van der Waals surface area contributed by atoms with Gasteiger partial charge in [-0.2, -0.15) is 5.10 Å². The summed E-state index contributed by atoms with van der Waals surface area (Å²) in [5.41, 5.74) is 7.02. The van der Waals surface area contributed by atoms with E-state index in [2.05, 4.69) is 10.1 Å². The van der Waals surface area contributed by atoms with Crippen LogP contribution in [0.5, 0.6) is 5.75 Å². The molecule has 4 rings (SSSR count). The molecule has 0 aliphatic carbocycles. The summed E-state index contributed by atoms with van der Waals surface area (Å²) in [6, 6.07) is 16.3. The molecule has 0 aliphatic heterocycles. The van der Waals surface area contributed by atoms with Crippen LogP contribution in [0.15, 0.2) is 54.6 Å². The molecule has 2 aromatic carbocycles. The number of fused-ring (bicyclic) bond motifs is 1. The predicted molar refractivity (Wildman–Crippen MR) is 132 cm³/mol. The van der Waals surface area contributed by atoms with E-state index in [-0.39, 0.29) is 18.3 Å². The lowest BCUT2D eigenvalue weighted by atomic mass is 10.1. The van der Waals surface area contributed by atoms with Crippen molar-refractivity contribution in [2.75, 3.05) is 11.9 Å². The van der Waals surface area contributed by atoms with Crippen molar-refractivity contribution < 1.29 is 14.3 Å². The first-order valence-corrected chi connectivity index (χ1v) is 11.2. The van der Waals surface area contributed by atoms with Crippen LogP contribution in [0.3, 0.4) is 0 Å². The van der Waals surface area contributed by atoms with Crippen molar-refractivity contribution in [2.24, 2.45) is 0 Å². The molecule has 0 N–H and O–H groups in total. The van der Waals surface area contributed by atoms with E-state index >= 15 is 0 Å². The molecule has 0 fully saturated rings. The SMILES string of the molecule is Cc1ccc(C(=O)N(C)c2ccc(OC(=O)CCc3c(C)nc4cc(C)nn4c3C)cc2)cc1. The smallest absolute Gasteiger partial charge is 0.311 e. The molecule has 0 saturated carbocycles. The van der Waals surface area contributed by atoms with Gasteiger partial charge >= 0.3 is 5.97 Å². The van der Waals surface area contributed by atoms with E-state index < -0.39 is 0 Å². The number of carbonyl (C=O) groups excluding carboxylic acids is 2. The second-order valence-corrected chi connectivity index (χ2v) is 8.52. The van der Waals surface area contributed by atoms with Crippen LogP contribution in [-0.4, -0.2) is 33.5 Å². The fraction of sp³-hybridized carbons (Fsp3) is 0.259. The molecule has 7 nitrogen and oxygen atoms in total. The molecule has 4 aromatic rings. The van der Waals surface area contributed by atoms with Crippen molar-refractivity contribution in [3.05, 3.63) is 88.4 Å². The molecule has 174 valence electrons. The van der Waals surface area contributed by atoms with E-state index in [0.29, 0.717) is 23.4 Å². The van der Waals surface area contributed by atoms with Crippen molar-refractivity contribution in [1.82, 2.24) is 14.6 Å². The highest BCUT2D eigenvalue weighted by atomic mass is 16.5. The third-order valence-corrected chi connectivity index (χ3v) is 5.92. The highest BCUT2D eigenvalue weighted by Crippen LogP contribution is 2.22. The zero-order chi connectivity index (χ0) is 24.4. The fourth-order valence-corrected chi connectivity index (χ4v) is 3.96. The summed E-state index contributed by atoms with van der Waals surface area (Å²) in [6.45, 7) is 7.85. The zero-order valence-corrected chi connectivity index (χ0v) is 20.1. The van der Waals surface area contributed by atoms with E-state index in [1.807, 2.05) is 62.5 Å². The number of anilines is 1. The molecule has 0 radical (unpaired) electrons. The van der Waals surface area contributed by atoms with Gasteiger partial charge in [-0.1, -0.05) is 17.7 Å². The highest BCUT2D eigenvalue weighted by molar-refractivity contribution is 6.05. The average Bonchev–Trinajstić information content (AvgIpc) is 3.19. The zero-order valence-electron chi connectivity index (χ0n) is 20.1. The van der Waals surface area contributed by atoms with Crippen LogP contribution in [0.4, 0.5) is 5.69 Å². The van der Waals surface area contributed by atoms with Gasteiger partial charge in [-0.05, 0) is 76.1 Å². The fourth-order valence-electron chi connectivity index (χ4n) is 3.96. The number of rotatable bonds is 6. The van der Waals surface area contributed by atoms with Crippen molar-refractivity contribution in [3.8, 4) is 5.75 Å². The first-order valence-electron chi connectivity index (χ1n) is 11.2. The van der Waals surface area contributed by atoms with Crippen LogP contribution in [-0.2, 0) is 11.2 Å². The molecule has 0 atom stereocenters. The topological polar surface area (TPSA) is 76.8 Å². The first-order chi connectivity index (χ1) is 16.2. The molecule has 0 spiro atoms. The highest BCUT2D eigenvalue weighted by Gasteiger charge is 2.15. The van der Waals surface area contributed by atoms with E-state index in [1.165, 1.54) is 0 Å².